The van der Waals surface area contributed by atoms with Crippen molar-refractivity contribution in [2.45, 2.75) is 30.3 Å². The third-order valence-corrected chi connectivity index (χ3v) is 3.81. The minimum atomic E-state index is -4.30. The Balaban J connectivity index is 2.21. The van der Waals surface area contributed by atoms with Gasteiger partial charge in [0.25, 0.3) is 0 Å². The van der Waals surface area contributed by atoms with Crippen LogP contribution in [-0.4, -0.2) is 15.3 Å². The molecule has 0 aliphatic rings. The highest BCUT2D eigenvalue weighted by atomic mass is 32.2. The van der Waals surface area contributed by atoms with Gasteiger partial charge in [-0.25, -0.2) is 0 Å². The minimum Gasteiger partial charge on any atom is -0.377 e. The summed E-state index contributed by atoms with van der Waals surface area (Å²) in [7, 11) is 1.82. The molecule has 0 fully saturated rings. The molecular formula is C14H16F3N3S. The molecule has 2 aromatic rings. The van der Waals surface area contributed by atoms with Crippen molar-refractivity contribution < 1.29 is 13.2 Å². The Bertz CT molecular complexity index is 622. The highest BCUT2D eigenvalue weighted by molar-refractivity contribution is 8.00. The summed E-state index contributed by atoms with van der Waals surface area (Å²) in [5.41, 5.74) is -2.01. The highest BCUT2D eigenvalue weighted by Crippen LogP contribution is 2.41. The number of hydrogen-bond donors (Lipinski definition) is 1. The van der Waals surface area contributed by atoms with Gasteiger partial charge in [0.05, 0.1) is 11.7 Å². The monoisotopic (exact) mass is 315 g/mol. The molecule has 0 amide bonds. The fourth-order valence-corrected chi connectivity index (χ4v) is 2.79. The fraction of sp³-hybridized carbons (Fsp3) is 0.357. The first kappa shape index (κ1) is 15.8. The molecule has 0 spiro atoms. The summed E-state index contributed by atoms with van der Waals surface area (Å²) in [4.78, 5) is 0.165. The second-order valence-electron chi connectivity index (χ2n) is 4.75. The van der Waals surface area contributed by atoms with Crippen LogP contribution < -0.4 is 5.32 Å². The molecule has 0 aliphatic heterocycles. The van der Waals surface area contributed by atoms with Gasteiger partial charge in [-0.15, -0.1) is 0 Å². The number of hydrogen-bond acceptors (Lipinski definition) is 3. The van der Waals surface area contributed by atoms with E-state index in [-0.39, 0.29) is 22.7 Å². The standard InChI is InChI=1S/C14H16F3N3S/c1-9(11-8-20(3)19-10(11)2)18-12-6-4-5-7-13(12)21-14(15,16)17/h4-9,18H,1-3H3. The second-order valence-corrected chi connectivity index (χ2v) is 5.86. The average Bonchev–Trinajstić information content (AvgIpc) is 2.69. The van der Waals surface area contributed by atoms with E-state index in [1.165, 1.54) is 6.07 Å². The number of rotatable bonds is 4. The molecule has 1 atom stereocenters. The van der Waals surface area contributed by atoms with Crippen LogP contribution in [0.2, 0.25) is 0 Å². The number of aryl methyl sites for hydroxylation is 2. The molecule has 2 rings (SSSR count). The van der Waals surface area contributed by atoms with Gasteiger partial charge in [-0.2, -0.15) is 18.3 Å². The number of halogens is 3. The van der Waals surface area contributed by atoms with Crippen molar-refractivity contribution in [1.29, 1.82) is 0 Å². The normalized spacial score (nSPS) is 13.2. The maximum atomic E-state index is 12.6. The summed E-state index contributed by atoms with van der Waals surface area (Å²) in [5.74, 6) is 0. The molecule has 0 saturated heterocycles. The van der Waals surface area contributed by atoms with Gasteiger partial charge in [-0.3, -0.25) is 4.68 Å². The summed E-state index contributed by atoms with van der Waals surface area (Å²) >= 11 is -0.109. The van der Waals surface area contributed by atoms with Gasteiger partial charge in [0.1, 0.15) is 0 Å². The van der Waals surface area contributed by atoms with Gasteiger partial charge in [-0.05, 0) is 37.7 Å². The maximum absolute atomic E-state index is 12.6. The third-order valence-electron chi connectivity index (χ3n) is 3.00. The number of aromatic nitrogens is 2. The van der Waals surface area contributed by atoms with Crippen molar-refractivity contribution in [2.24, 2.45) is 7.05 Å². The van der Waals surface area contributed by atoms with Crippen molar-refractivity contribution in [2.75, 3.05) is 5.32 Å². The zero-order chi connectivity index (χ0) is 15.6. The molecule has 7 heteroatoms. The predicted molar refractivity (Wildman–Crippen MR) is 78.3 cm³/mol. The van der Waals surface area contributed by atoms with E-state index in [0.717, 1.165) is 11.3 Å². The molecule has 114 valence electrons. The van der Waals surface area contributed by atoms with Crippen LogP contribution in [0.3, 0.4) is 0 Å². The topological polar surface area (TPSA) is 29.9 Å². The number of thioether (sulfide) groups is 1. The van der Waals surface area contributed by atoms with E-state index in [2.05, 4.69) is 10.4 Å². The second kappa shape index (κ2) is 6.01. The first-order chi connectivity index (χ1) is 9.76. The van der Waals surface area contributed by atoms with Crippen LogP contribution in [0.25, 0.3) is 0 Å². The first-order valence-electron chi connectivity index (χ1n) is 6.37. The lowest BCUT2D eigenvalue weighted by atomic mass is 10.1. The summed E-state index contributed by atoms with van der Waals surface area (Å²) in [6.45, 7) is 3.78. The molecular weight excluding hydrogens is 299 g/mol. The van der Waals surface area contributed by atoms with Gasteiger partial charge in [0, 0.05) is 29.4 Å². The first-order valence-corrected chi connectivity index (χ1v) is 7.19. The molecule has 1 aromatic heterocycles. The predicted octanol–water partition coefficient (Wildman–Crippen LogP) is 4.51. The van der Waals surface area contributed by atoms with Crippen LogP contribution in [0.15, 0.2) is 35.4 Å². The van der Waals surface area contributed by atoms with Crippen molar-refractivity contribution >= 4 is 17.4 Å². The van der Waals surface area contributed by atoms with Crippen molar-refractivity contribution in [3.63, 3.8) is 0 Å². The Kier molecular flexibility index (Phi) is 4.51. The lowest BCUT2D eigenvalue weighted by Gasteiger charge is -2.18. The van der Waals surface area contributed by atoms with Crippen LogP contribution >= 0.6 is 11.8 Å². The Morgan fingerprint density at radius 2 is 1.95 bits per heavy atom. The van der Waals surface area contributed by atoms with Gasteiger partial charge in [0.2, 0.25) is 0 Å². The summed E-state index contributed by atoms with van der Waals surface area (Å²) < 4.78 is 39.4. The minimum absolute atomic E-state index is 0.109. The molecule has 0 saturated carbocycles. The lowest BCUT2D eigenvalue weighted by molar-refractivity contribution is -0.0327. The SMILES string of the molecule is Cc1nn(C)cc1C(C)Nc1ccccc1SC(F)(F)F. The van der Waals surface area contributed by atoms with Gasteiger partial charge in [-0.1, -0.05) is 12.1 Å². The average molecular weight is 315 g/mol. The zero-order valence-electron chi connectivity index (χ0n) is 11.9. The summed E-state index contributed by atoms with van der Waals surface area (Å²) in [5, 5.41) is 7.38. The van der Waals surface area contributed by atoms with Crippen LogP contribution in [0.4, 0.5) is 18.9 Å². The van der Waals surface area contributed by atoms with Gasteiger partial charge < -0.3 is 5.32 Å². The quantitative estimate of drug-likeness (QED) is 0.842. The van der Waals surface area contributed by atoms with E-state index >= 15 is 0 Å². The summed E-state index contributed by atoms with van der Waals surface area (Å²) in [6, 6.07) is 6.29. The third kappa shape index (κ3) is 4.17. The molecule has 1 heterocycles. The Hall–Kier alpha value is -1.63. The van der Waals surface area contributed by atoms with Crippen LogP contribution in [0.1, 0.15) is 24.2 Å². The van der Waals surface area contributed by atoms with Crippen LogP contribution in [0.5, 0.6) is 0 Å². The number of anilines is 1. The summed E-state index contributed by atoms with van der Waals surface area (Å²) in [6.07, 6.45) is 1.87. The van der Waals surface area contributed by atoms with Crippen molar-refractivity contribution in [3.05, 3.63) is 41.7 Å². The fourth-order valence-electron chi connectivity index (χ4n) is 2.15. The number of nitrogens with zero attached hydrogens (tertiary/aromatic N) is 2. The molecule has 21 heavy (non-hydrogen) atoms. The van der Waals surface area contributed by atoms with E-state index in [1.807, 2.05) is 27.1 Å². The molecule has 1 N–H and O–H groups in total. The van der Waals surface area contributed by atoms with E-state index < -0.39 is 5.51 Å². The van der Waals surface area contributed by atoms with Crippen molar-refractivity contribution in [1.82, 2.24) is 9.78 Å². The Morgan fingerprint density at radius 1 is 1.29 bits per heavy atom. The van der Waals surface area contributed by atoms with E-state index in [9.17, 15) is 13.2 Å². The molecule has 3 nitrogen and oxygen atoms in total. The number of alkyl halides is 3. The van der Waals surface area contributed by atoms with Crippen molar-refractivity contribution in [3.8, 4) is 0 Å². The Labute approximate surface area is 125 Å². The largest absolute Gasteiger partial charge is 0.446 e. The molecule has 1 aromatic carbocycles. The Morgan fingerprint density at radius 3 is 2.52 bits per heavy atom. The number of benzene rings is 1. The lowest BCUT2D eigenvalue weighted by Crippen LogP contribution is -2.09. The highest BCUT2D eigenvalue weighted by Gasteiger charge is 2.30. The van der Waals surface area contributed by atoms with Crippen LogP contribution in [-0.2, 0) is 7.05 Å². The van der Waals surface area contributed by atoms with E-state index in [1.54, 1.807) is 22.9 Å². The van der Waals surface area contributed by atoms with E-state index in [0.29, 0.717) is 5.69 Å². The zero-order valence-corrected chi connectivity index (χ0v) is 12.7. The number of nitrogens with one attached hydrogen (secondary N) is 1. The van der Waals surface area contributed by atoms with Crippen LogP contribution in [0, 0.1) is 6.92 Å². The maximum Gasteiger partial charge on any atom is 0.446 e. The van der Waals surface area contributed by atoms with Gasteiger partial charge >= 0.3 is 5.51 Å². The molecule has 1 unspecified atom stereocenters. The molecule has 0 aliphatic carbocycles. The van der Waals surface area contributed by atoms with Gasteiger partial charge in [0.15, 0.2) is 0 Å². The molecule has 0 radical (unpaired) electrons. The number of para-hydroxylation sites is 1. The smallest absolute Gasteiger partial charge is 0.377 e. The molecule has 0 bridgehead atoms. The van der Waals surface area contributed by atoms with E-state index in [4.69, 9.17) is 0 Å².